The molecular weight excluding hydrogens is 306 g/mol. The molecule has 2 aromatic rings. The number of nitrogen functional groups attached to an aromatic ring is 2. The molecule has 0 aliphatic rings. The van der Waals surface area contributed by atoms with E-state index in [0.29, 0.717) is 30.2 Å². The number of ether oxygens (including phenoxy) is 2. The third-order valence-electron chi connectivity index (χ3n) is 3.25. The van der Waals surface area contributed by atoms with Crippen LogP contribution >= 0.6 is 0 Å². The Morgan fingerprint density at radius 1 is 0.833 bits per heavy atom. The van der Waals surface area contributed by atoms with Gasteiger partial charge in [0.05, 0.1) is 19.4 Å². The van der Waals surface area contributed by atoms with Crippen LogP contribution in [0.25, 0.3) is 0 Å². The van der Waals surface area contributed by atoms with Crippen LogP contribution in [0.4, 0.5) is 0 Å². The van der Waals surface area contributed by atoms with Gasteiger partial charge in [-0.15, -0.1) is 0 Å². The second-order valence-corrected chi connectivity index (χ2v) is 5.13. The maximum absolute atomic E-state index is 7.33. The molecule has 1 aromatic heterocycles. The number of nitrogens with one attached hydrogen (secondary N) is 2. The summed E-state index contributed by atoms with van der Waals surface area (Å²) in [6, 6.07) is 10.5. The van der Waals surface area contributed by atoms with E-state index in [1.165, 1.54) is 0 Å². The molecule has 0 spiro atoms. The van der Waals surface area contributed by atoms with E-state index < -0.39 is 0 Å². The van der Waals surface area contributed by atoms with Crippen molar-refractivity contribution in [1.29, 1.82) is 10.8 Å². The Balaban J connectivity index is 1.62. The zero-order valence-electron chi connectivity index (χ0n) is 13.3. The first-order valence-electron chi connectivity index (χ1n) is 7.57. The Bertz CT molecular complexity index is 622. The van der Waals surface area contributed by atoms with Gasteiger partial charge in [-0.25, -0.2) is 4.98 Å². The Kier molecular flexibility index (Phi) is 6.13. The average molecular weight is 327 g/mol. The van der Waals surface area contributed by atoms with Gasteiger partial charge in [-0.05, 0) is 49.2 Å². The molecule has 7 nitrogen and oxygen atoms in total. The molecule has 24 heavy (non-hydrogen) atoms. The average Bonchev–Trinajstić information content (AvgIpc) is 2.58. The van der Waals surface area contributed by atoms with Crippen LogP contribution in [0.1, 0.15) is 24.1 Å². The van der Waals surface area contributed by atoms with Gasteiger partial charge in [0.15, 0.2) is 0 Å². The van der Waals surface area contributed by atoms with Crippen molar-refractivity contribution in [1.82, 2.24) is 4.98 Å². The number of hydrogen-bond acceptors (Lipinski definition) is 5. The van der Waals surface area contributed by atoms with E-state index in [-0.39, 0.29) is 11.7 Å². The van der Waals surface area contributed by atoms with E-state index in [2.05, 4.69) is 4.98 Å². The van der Waals surface area contributed by atoms with Gasteiger partial charge < -0.3 is 20.9 Å². The molecule has 0 saturated carbocycles. The lowest BCUT2D eigenvalue weighted by Gasteiger charge is -2.08. The van der Waals surface area contributed by atoms with Crippen molar-refractivity contribution in [2.75, 3.05) is 13.2 Å². The first-order chi connectivity index (χ1) is 11.6. The molecule has 0 unspecified atom stereocenters. The number of nitrogens with two attached hydrogens (primary N) is 2. The first kappa shape index (κ1) is 17.3. The summed E-state index contributed by atoms with van der Waals surface area (Å²) in [7, 11) is 0. The quantitative estimate of drug-likeness (QED) is 0.317. The van der Waals surface area contributed by atoms with Crippen molar-refractivity contribution in [3.8, 4) is 11.5 Å². The highest BCUT2D eigenvalue weighted by atomic mass is 16.5. The van der Waals surface area contributed by atoms with Crippen molar-refractivity contribution in [2.45, 2.75) is 12.8 Å². The van der Waals surface area contributed by atoms with Crippen LogP contribution in [0.3, 0.4) is 0 Å². The Morgan fingerprint density at radius 2 is 1.42 bits per heavy atom. The minimum Gasteiger partial charge on any atom is -0.494 e. The molecule has 0 atom stereocenters. The Hall–Kier alpha value is -3.09. The van der Waals surface area contributed by atoms with Gasteiger partial charge in [0, 0.05) is 5.56 Å². The third kappa shape index (κ3) is 5.28. The van der Waals surface area contributed by atoms with E-state index in [1.54, 1.807) is 42.6 Å². The number of rotatable bonds is 9. The van der Waals surface area contributed by atoms with E-state index >= 15 is 0 Å². The summed E-state index contributed by atoms with van der Waals surface area (Å²) in [6.45, 7) is 1.15. The molecule has 6 N–H and O–H groups in total. The molecule has 1 heterocycles. The number of amidine groups is 2. The summed E-state index contributed by atoms with van der Waals surface area (Å²) >= 11 is 0. The van der Waals surface area contributed by atoms with Crippen LogP contribution in [0.2, 0.25) is 0 Å². The monoisotopic (exact) mass is 327 g/mol. The standard InChI is InChI=1S/C17H21N5O2/c18-16(19)12-3-5-13(6-4-12)23-9-1-2-10-24-14-7-8-15(17(20)21)22-11-14/h3-8,11H,1-2,9-10H2,(H3,18,19)(H3,20,21). The molecule has 2 rings (SSSR count). The van der Waals surface area contributed by atoms with Crippen molar-refractivity contribution < 1.29 is 9.47 Å². The highest BCUT2D eigenvalue weighted by Gasteiger charge is 2.00. The van der Waals surface area contributed by atoms with E-state index in [4.69, 9.17) is 31.8 Å². The molecule has 0 bridgehead atoms. The predicted octanol–water partition coefficient (Wildman–Crippen LogP) is 1.89. The summed E-state index contributed by atoms with van der Waals surface area (Å²) in [6.07, 6.45) is 3.26. The summed E-state index contributed by atoms with van der Waals surface area (Å²) in [5, 5.41) is 14.6. The Morgan fingerprint density at radius 3 is 1.92 bits per heavy atom. The zero-order valence-corrected chi connectivity index (χ0v) is 13.3. The van der Waals surface area contributed by atoms with Gasteiger partial charge in [0.25, 0.3) is 0 Å². The molecular formula is C17H21N5O2. The molecule has 0 aliphatic heterocycles. The lowest BCUT2D eigenvalue weighted by Crippen LogP contribution is -2.12. The molecule has 126 valence electrons. The first-order valence-corrected chi connectivity index (χ1v) is 7.57. The molecule has 1 aromatic carbocycles. The van der Waals surface area contributed by atoms with Crippen molar-refractivity contribution in [2.24, 2.45) is 11.5 Å². The fourth-order valence-electron chi connectivity index (χ4n) is 1.94. The van der Waals surface area contributed by atoms with E-state index in [1.807, 2.05) is 0 Å². The van der Waals surface area contributed by atoms with Gasteiger partial charge in [-0.3, -0.25) is 10.8 Å². The summed E-state index contributed by atoms with van der Waals surface area (Å²) in [5.74, 6) is 1.39. The normalized spacial score (nSPS) is 10.2. The highest BCUT2D eigenvalue weighted by Crippen LogP contribution is 2.13. The van der Waals surface area contributed by atoms with Crippen LogP contribution in [-0.2, 0) is 0 Å². The van der Waals surface area contributed by atoms with Crippen LogP contribution < -0.4 is 20.9 Å². The van der Waals surface area contributed by atoms with Crippen LogP contribution in [0, 0.1) is 10.8 Å². The lowest BCUT2D eigenvalue weighted by molar-refractivity contribution is 0.266. The van der Waals surface area contributed by atoms with Crippen molar-refractivity contribution >= 4 is 11.7 Å². The molecule has 0 fully saturated rings. The maximum atomic E-state index is 7.33. The fourth-order valence-corrected chi connectivity index (χ4v) is 1.94. The molecule has 7 heteroatoms. The minimum absolute atomic E-state index is 0.0459. The van der Waals surface area contributed by atoms with Crippen LogP contribution in [0.5, 0.6) is 11.5 Å². The predicted molar refractivity (Wildman–Crippen MR) is 92.9 cm³/mol. The molecule has 0 amide bonds. The number of hydrogen-bond donors (Lipinski definition) is 4. The van der Waals surface area contributed by atoms with Gasteiger partial charge in [0.1, 0.15) is 28.9 Å². The summed E-state index contributed by atoms with van der Waals surface area (Å²) in [4.78, 5) is 4.03. The van der Waals surface area contributed by atoms with Gasteiger partial charge in [0.2, 0.25) is 0 Å². The number of unbranched alkanes of at least 4 members (excludes halogenated alkanes) is 1. The SMILES string of the molecule is N=C(N)c1ccc(OCCCCOc2ccc(C(=N)N)nc2)cc1. The maximum Gasteiger partial charge on any atom is 0.141 e. The molecule has 0 saturated heterocycles. The van der Waals surface area contributed by atoms with Gasteiger partial charge in [-0.2, -0.15) is 0 Å². The third-order valence-corrected chi connectivity index (χ3v) is 3.25. The molecule has 0 aliphatic carbocycles. The molecule has 0 radical (unpaired) electrons. The van der Waals surface area contributed by atoms with Crippen molar-refractivity contribution in [3.05, 3.63) is 53.9 Å². The van der Waals surface area contributed by atoms with Crippen LogP contribution in [-0.4, -0.2) is 29.9 Å². The second-order valence-electron chi connectivity index (χ2n) is 5.13. The minimum atomic E-state index is -0.0602. The number of aromatic nitrogens is 1. The highest BCUT2D eigenvalue weighted by molar-refractivity contribution is 5.95. The fraction of sp³-hybridized carbons (Fsp3) is 0.235. The van der Waals surface area contributed by atoms with Gasteiger partial charge in [-0.1, -0.05) is 0 Å². The second kappa shape index (κ2) is 8.52. The topological polar surface area (TPSA) is 131 Å². The number of pyridine rings is 1. The van der Waals surface area contributed by atoms with Gasteiger partial charge >= 0.3 is 0 Å². The van der Waals surface area contributed by atoms with E-state index in [0.717, 1.165) is 18.6 Å². The summed E-state index contributed by atoms with van der Waals surface area (Å²) < 4.78 is 11.2. The zero-order chi connectivity index (χ0) is 17.4. The lowest BCUT2D eigenvalue weighted by atomic mass is 10.2. The number of benzene rings is 1. The number of nitrogens with zero attached hydrogens (tertiary/aromatic N) is 1. The van der Waals surface area contributed by atoms with Crippen LogP contribution in [0.15, 0.2) is 42.6 Å². The smallest absolute Gasteiger partial charge is 0.141 e. The summed E-state index contributed by atoms with van der Waals surface area (Å²) in [5.41, 5.74) is 11.9. The van der Waals surface area contributed by atoms with Crippen molar-refractivity contribution in [3.63, 3.8) is 0 Å². The van der Waals surface area contributed by atoms with E-state index in [9.17, 15) is 0 Å². The Labute approximate surface area is 140 Å². The largest absolute Gasteiger partial charge is 0.494 e.